The Morgan fingerprint density at radius 3 is 2.53 bits per heavy atom. The molecule has 0 aromatic carbocycles. The summed E-state index contributed by atoms with van der Waals surface area (Å²) < 4.78 is 6.36. The molecule has 0 aromatic heterocycles. The third-order valence-electron chi connectivity index (χ3n) is 5.58. The summed E-state index contributed by atoms with van der Waals surface area (Å²) in [7, 11) is 0. The predicted octanol–water partition coefficient (Wildman–Crippen LogP) is 4.26. The molecule has 6 unspecified atom stereocenters. The summed E-state index contributed by atoms with van der Waals surface area (Å²) >= 11 is 0. The zero-order valence-electron chi connectivity index (χ0n) is 11.7. The molecule has 0 aromatic rings. The smallest absolute Gasteiger partial charge is 0.0612 e. The normalized spacial score (nSPS) is 45.5. The number of hydrogen-bond acceptors (Lipinski definition) is 1. The second-order valence-electron chi connectivity index (χ2n) is 7.27. The molecule has 0 spiro atoms. The van der Waals surface area contributed by atoms with E-state index in [2.05, 4.69) is 20.8 Å². The Morgan fingerprint density at radius 1 is 1.00 bits per heavy atom. The van der Waals surface area contributed by atoms with Crippen LogP contribution in [0.4, 0.5) is 0 Å². The van der Waals surface area contributed by atoms with Gasteiger partial charge in [-0.3, -0.25) is 0 Å². The van der Waals surface area contributed by atoms with E-state index >= 15 is 0 Å². The fraction of sp³-hybridized carbons (Fsp3) is 1.00. The summed E-state index contributed by atoms with van der Waals surface area (Å²) in [6.07, 6.45) is 9.72. The molecule has 0 aliphatic heterocycles. The Morgan fingerprint density at radius 2 is 1.76 bits per heavy atom. The van der Waals surface area contributed by atoms with Crippen LogP contribution >= 0.6 is 0 Å². The van der Waals surface area contributed by atoms with E-state index in [0.717, 1.165) is 29.6 Å². The van der Waals surface area contributed by atoms with Crippen LogP contribution in [0, 0.1) is 29.6 Å². The molecule has 0 N–H and O–H groups in total. The average Bonchev–Trinajstić information content (AvgIpc) is 2.83. The van der Waals surface area contributed by atoms with Gasteiger partial charge in [0.15, 0.2) is 0 Å². The van der Waals surface area contributed by atoms with E-state index in [1.165, 1.54) is 38.5 Å². The third-order valence-corrected chi connectivity index (χ3v) is 5.58. The molecule has 3 rings (SSSR count). The zero-order valence-corrected chi connectivity index (χ0v) is 11.7. The van der Waals surface area contributed by atoms with Crippen LogP contribution in [-0.4, -0.2) is 12.2 Å². The third kappa shape index (κ3) is 2.16. The van der Waals surface area contributed by atoms with Crippen LogP contribution in [0.15, 0.2) is 0 Å². The van der Waals surface area contributed by atoms with Crippen LogP contribution in [0.2, 0.25) is 0 Å². The molecule has 3 aliphatic rings. The van der Waals surface area contributed by atoms with Crippen molar-refractivity contribution in [3.63, 3.8) is 0 Å². The van der Waals surface area contributed by atoms with Crippen molar-refractivity contribution in [1.29, 1.82) is 0 Å². The van der Waals surface area contributed by atoms with Gasteiger partial charge in [-0.05, 0) is 68.6 Å². The van der Waals surface area contributed by atoms with Crippen LogP contribution in [0.1, 0.15) is 59.3 Å². The second kappa shape index (κ2) is 4.57. The molecule has 3 aliphatic carbocycles. The summed E-state index contributed by atoms with van der Waals surface area (Å²) in [5.41, 5.74) is 0. The average molecular weight is 236 g/mol. The fourth-order valence-electron chi connectivity index (χ4n) is 5.18. The minimum absolute atomic E-state index is 0.471. The van der Waals surface area contributed by atoms with Gasteiger partial charge in [0.1, 0.15) is 0 Å². The Balaban J connectivity index is 1.56. The van der Waals surface area contributed by atoms with Crippen molar-refractivity contribution in [2.75, 3.05) is 0 Å². The van der Waals surface area contributed by atoms with E-state index in [-0.39, 0.29) is 0 Å². The number of rotatable bonds is 4. The van der Waals surface area contributed by atoms with E-state index in [4.69, 9.17) is 4.74 Å². The molecule has 2 bridgehead atoms. The molecule has 3 fully saturated rings. The lowest BCUT2D eigenvalue weighted by Crippen LogP contribution is -2.33. The van der Waals surface area contributed by atoms with Crippen LogP contribution < -0.4 is 0 Å². The lowest BCUT2D eigenvalue weighted by atomic mass is 9.80. The molecule has 3 saturated carbocycles. The van der Waals surface area contributed by atoms with Gasteiger partial charge in [0.05, 0.1) is 12.2 Å². The zero-order chi connectivity index (χ0) is 12.0. The Labute approximate surface area is 106 Å². The SMILES string of the molecule is CC(C)CC(C)OC1CC2CC1C1CCCC21. The van der Waals surface area contributed by atoms with Gasteiger partial charge in [0.2, 0.25) is 0 Å². The van der Waals surface area contributed by atoms with Crippen LogP contribution in [0.3, 0.4) is 0 Å². The van der Waals surface area contributed by atoms with Crippen molar-refractivity contribution in [2.45, 2.75) is 71.5 Å². The molecule has 0 radical (unpaired) electrons. The van der Waals surface area contributed by atoms with Crippen molar-refractivity contribution in [1.82, 2.24) is 0 Å². The minimum Gasteiger partial charge on any atom is -0.375 e. The van der Waals surface area contributed by atoms with Gasteiger partial charge in [-0.25, -0.2) is 0 Å². The lowest BCUT2D eigenvalue weighted by molar-refractivity contribution is -0.0568. The molecule has 98 valence electrons. The summed E-state index contributed by atoms with van der Waals surface area (Å²) in [6.45, 7) is 6.87. The van der Waals surface area contributed by atoms with Crippen molar-refractivity contribution < 1.29 is 4.74 Å². The summed E-state index contributed by atoms with van der Waals surface area (Å²) in [4.78, 5) is 0. The van der Waals surface area contributed by atoms with E-state index < -0.39 is 0 Å². The van der Waals surface area contributed by atoms with E-state index in [1.54, 1.807) is 0 Å². The Kier molecular flexibility index (Phi) is 3.23. The maximum atomic E-state index is 6.36. The number of ether oxygens (including phenoxy) is 1. The first kappa shape index (κ1) is 12.0. The first-order valence-corrected chi connectivity index (χ1v) is 7.80. The Bertz CT molecular complexity index is 273. The minimum atomic E-state index is 0.471. The van der Waals surface area contributed by atoms with Crippen molar-refractivity contribution in [3.05, 3.63) is 0 Å². The van der Waals surface area contributed by atoms with Crippen molar-refractivity contribution in [3.8, 4) is 0 Å². The van der Waals surface area contributed by atoms with E-state index in [0.29, 0.717) is 12.2 Å². The molecule has 1 nitrogen and oxygen atoms in total. The van der Waals surface area contributed by atoms with Gasteiger partial charge in [0.25, 0.3) is 0 Å². The highest BCUT2D eigenvalue weighted by Crippen LogP contribution is 2.59. The van der Waals surface area contributed by atoms with Gasteiger partial charge < -0.3 is 4.74 Å². The molecular formula is C16H28O. The Hall–Kier alpha value is -0.0400. The highest BCUT2D eigenvalue weighted by molar-refractivity contribution is 5.03. The van der Waals surface area contributed by atoms with Gasteiger partial charge >= 0.3 is 0 Å². The standard InChI is InChI=1S/C16H28O/c1-10(2)7-11(3)17-16-9-12-8-15(16)14-6-4-5-13(12)14/h10-16H,4-9H2,1-3H3. The molecule has 0 amide bonds. The van der Waals surface area contributed by atoms with Gasteiger partial charge in [-0.15, -0.1) is 0 Å². The first-order chi connectivity index (χ1) is 8.15. The lowest BCUT2D eigenvalue weighted by Gasteiger charge is -2.33. The molecule has 6 atom stereocenters. The van der Waals surface area contributed by atoms with Crippen molar-refractivity contribution in [2.24, 2.45) is 29.6 Å². The largest absolute Gasteiger partial charge is 0.375 e. The molecule has 0 heterocycles. The molecule has 17 heavy (non-hydrogen) atoms. The quantitative estimate of drug-likeness (QED) is 0.708. The highest BCUT2D eigenvalue weighted by atomic mass is 16.5. The van der Waals surface area contributed by atoms with E-state index in [1.807, 2.05) is 0 Å². The maximum absolute atomic E-state index is 6.36. The second-order valence-corrected chi connectivity index (χ2v) is 7.27. The van der Waals surface area contributed by atoms with Crippen LogP contribution in [0.5, 0.6) is 0 Å². The monoisotopic (exact) mass is 236 g/mol. The summed E-state index contributed by atoms with van der Waals surface area (Å²) in [6, 6.07) is 0. The summed E-state index contributed by atoms with van der Waals surface area (Å²) in [5.74, 6) is 4.87. The molecule has 0 saturated heterocycles. The predicted molar refractivity (Wildman–Crippen MR) is 70.8 cm³/mol. The molecule has 1 heteroatoms. The topological polar surface area (TPSA) is 9.23 Å². The fourth-order valence-corrected chi connectivity index (χ4v) is 5.18. The van der Waals surface area contributed by atoms with E-state index in [9.17, 15) is 0 Å². The van der Waals surface area contributed by atoms with Gasteiger partial charge in [-0.2, -0.15) is 0 Å². The number of fused-ring (bicyclic) bond motifs is 5. The van der Waals surface area contributed by atoms with Gasteiger partial charge in [-0.1, -0.05) is 20.3 Å². The molecular weight excluding hydrogens is 208 g/mol. The highest BCUT2D eigenvalue weighted by Gasteiger charge is 2.54. The van der Waals surface area contributed by atoms with Crippen LogP contribution in [-0.2, 0) is 4.74 Å². The number of hydrogen-bond donors (Lipinski definition) is 0. The van der Waals surface area contributed by atoms with Crippen LogP contribution in [0.25, 0.3) is 0 Å². The summed E-state index contributed by atoms with van der Waals surface area (Å²) in [5, 5.41) is 0. The maximum Gasteiger partial charge on any atom is 0.0612 e. The first-order valence-electron chi connectivity index (χ1n) is 7.80. The van der Waals surface area contributed by atoms with Crippen molar-refractivity contribution >= 4 is 0 Å². The van der Waals surface area contributed by atoms with Gasteiger partial charge in [0, 0.05) is 0 Å².